The Labute approximate surface area is 130 Å². The van der Waals surface area contributed by atoms with Gasteiger partial charge in [0.15, 0.2) is 0 Å². The van der Waals surface area contributed by atoms with E-state index in [1.54, 1.807) is 12.1 Å². The Hall–Kier alpha value is -0.880. The maximum absolute atomic E-state index is 12.0. The fraction of sp³-hybridized carbons (Fsp3) is 0.286. The maximum atomic E-state index is 12.0. The van der Waals surface area contributed by atoms with Gasteiger partial charge in [-0.05, 0) is 46.9 Å². The van der Waals surface area contributed by atoms with E-state index in [1.165, 1.54) is 0 Å². The van der Waals surface area contributed by atoms with Crippen LogP contribution in [0.1, 0.15) is 26.5 Å². The third kappa shape index (κ3) is 3.17. The van der Waals surface area contributed by atoms with Crippen molar-refractivity contribution in [3.05, 3.63) is 48.9 Å². The Morgan fingerprint density at radius 2 is 1.79 bits per heavy atom. The third-order valence-corrected chi connectivity index (χ3v) is 3.94. The summed E-state index contributed by atoms with van der Waals surface area (Å²) in [6, 6.07) is 7.26. The average molecular weight is 389 g/mol. The molecule has 19 heavy (non-hydrogen) atoms. The Balaban J connectivity index is 2.63. The first kappa shape index (κ1) is 14.5. The normalized spacial score (nSPS) is 11.6. The standard InChI is InChI=1S/C14H14ClIN2O/c1-14(2,3)11-10(16)13(19)18-12(17-11)8-4-6-9(15)7-5-8/h4-7H,1-3H3,(H,17,18,19). The van der Waals surface area contributed by atoms with E-state index in [0.717, 1.165) is 11.3 Å². The van der Waals surface area contributed by atoms with E-state index in [2.05, 4.69) is 9.97 Å². The number of aromatic nitrogens is 2. The summed E-state index contributed by atoms with van der Waals surface area (Å²) in [5.41, 5.74) is 1.38. The van der Waals surface area contributed by atoms with Crippen molar-refractivity contribution >= 4 is 34.2 Å². The lowest BCUT2D eigenvalue weighted by Gasteiger charge is -2.19. The van der Waals surface area contributed by atoms with Crippen LogP contribution in [-0.4, -0.2) is 9.97 Å². The zero-order chi connectivity index (χ0) is 14.2. The van der Waals surface area contributed by atoms with E-state index in [9.17, 15) is 4.79 Å². The van der Waals surface area contributed by atoms with Gasteiger partial charge in [0, 0.05) is 16.0 Å². The van der Waals surface area contributed by atoms with Crippen LogP contribution in [0.15, 0.2) is 29.1 Å². The molecule has 1 aromatic carbocycles. The number of rotatable bonds is 1. The van der Waals surface area contributed by atoms with Crippen molar-refractivity contribution in [2.75, 3.05) is 0 Å². The lowest BCUT2D eigenvalue weighted by atomic mass is 9.92. The van der Waals surface area contributed by atoms with Crippen LogP contribution in [0.5, 0.6) is 0 Å². The molecule has 1 aromatic heterocycles. The molecule has 0 atom stereocenters. The van der Waals surface area contributed by atoms with E-state index in [-0.39, 0.29) is 11.0 Å². The summed E-state index contributed by atoms with van der Waals surface area (Å²) in [7, 11) is 0. The van der Waals surface area contributed by atoms with Crippen molar-refractivity contribution in [1.29, 1.82) is 0 Å². The van der Waals surface area contributed by atoms with E-state index in [0.29, 0.717) is 14.4 Å². The van der Waals surface area contributed by atoms with Gasteiger partial charge in [0.2, 0.25) is 0 Å². The molecule has 0 bridgehead atoms. The van der Waals surface area contributed by atoms with Crippen LogP contribution in [0.4, 0.5) is 0 Å². The second-order valence-electron chi connectivity index (χ2n) is 5.33. The number of nitrogens with one attached hydrogen (secondary N) is 1. The second kappa shape index (κ2) is 5.25. The predicted octanol–water partition coefficient (Wildman–Crippen LogP) is 3.99. The molecule has 0 fully saturated rings. The molecule has 0 amide bonds. The Morgan fingerprint density at radius 3 is 2.32 bits per heavy atom. The predicted molar refractivity (Wildman–Crippen MR) is 86.7 cm³/mol. The number of benzene rings is 1. The largest absolute Gasteiger partial charge is 0.306 e. The summed E-state index contributed by atoms with van der Waals surface area (Å²) in [6.07, 6.45) is 0. The van der Waals surface area contributed by atoms with Crippen LogP contribution < -0.4 is 5.56 Å². The highest BCUT2D eigenvalue weighted by Gasteiger charge is 2.22. The van der Waals surface area contributed by atoms with Crippen LogP contribution in [0, 0.1) is 3.57 Å². The van der Waals surface area contributed by atoms with Crippen LogP contribution in [0.2, 0.25) is 5.02 Å². The van der Waals surface area contributed by atoms with Crippen LogP contribution in [0.3, 0.4) is 0 Å². The highest BCUT2D eigenvalue weighted by molar-refractivity contribution is 14.1. The van der Waals surface area contributed by atoms with Crippen molar-refractivity contribution in [2.45, 2.75) is 26.2 Å². The van der Waals surface area contributed by atoms with Gasteiger partial charge in [0.1, 0.15) is 9.39 Å². The minimum atomic E-state index is -0.175. The monoisotopic (exact) mass is 388 g/mol. The molecular formula is C14H14ClIN2O. The molecule has 0 saturated heterocycles. The maximum Gasteiger partial charge on any atom is 0.264 e. The van der Waals surface area contributed by atoms with E-state index in [4.69, 9.17) is 11.6 Å². The molecule has 0 saturated carbocycles. The first-order valence-electron chi connectivity index (χ1n) is 5.85. The van der Waals surface area contributed by atoms with E-state index in [1.807, 2.05) is 55.5 Å². The molecule has 2 rings (SSSR count). The summed E-state index contributed by atoms with van der Waals surface area (Å²) in [5, 5.41) is 0.660. The second-order valence-corrected chi connectivity index (χ2v) is 6.85. The number of hydrogen-bond donors (Lipinski definition) is 1. The molecule has 0 aliphatic heterocycles. The molecule has 5 heteroatoms. The summed E-state index contributed by atoms with van der Waals surface area (Å²) in [4.78, 5) is 19.4. The summed E-state index contributed by atoms with van der Waals surface area (Å²) >= 11 is 7.91. The molecule has 1 N–H and O–H groups in total. The van der Waals surface area contributed by atoms with Crippen LogP contribution in [0.25, 0.3) is 11.4 Å². The zero-order valence-electron chi connectivity index (χ0n) is 10.9. The minimum absolute atomic E-state index is 0.106. The van der Waals surface area contributed by atoms with Crippen molar-refractivity contribution in [1.82, 2.24) is 9.97 Å². The van der Waals surface area contributed by atoms with Gasteiger partial charge in [-0.1, -0.05) is 32.4 Å². The number of hydrogen-bond acceptors (Lipinski definition) is 2. The molecule has 0 aliphatic carbocycles. The molecule has 0 aliphatic rings. The van der Waals surface area contributed by atoms with Crippen molar-refractivity contribution < 1.29 is 0 Å². The Kier molecular flexibility index (Phi) is 4.01. The van der Waals surface area contributed by atoms with Gasteiger partial charge in [0.05, 0.1) is 5.69 Å². The Morgan fingerprint density at radius 1 is 1.21 bits per heavy atom. The number of nitrogens with zero attached hydrogens (tertiary/aromatic N) is 1. The fourth-order valence-corrected chi connectivity index (χ4v) is 2.89. The molecule has 0 unspecified atom stereocenters. The Bertz CT molecular complexity index is 657. The van der Waals surface area contributed by atoms with Crippen LogP contribution >= 0.6 is 34.2 Å². The van der Waals surface area contributed by atoms with Gasteiger partial charge < -0.3 is 4.98 Å². The van der Waals surface area contributed by atoms with Crippen molar-refractivity contribution in [3.8, 4) is 11.4 Å². The molecule has 2 aromatic rings. The van der Waals surface area contributed by atoms with Crippen LogP contribution in [-0.2, 0) is 5.41 Å². The zero-order valence-corrected chi connectivity index (χ0v) is 13.8. The summed E-state index contributed by atoms with van der Waals surface area (Å²) in [5.74, 6) is 0.576. The number of aromatic amines is 1. The average Bonchev–Trinajstić information content (AvgIpc) is 2.32. The summed E-state index contributed by atoms with van der Waals surface area (Å²) in [6.45, 7) is 6.13. The van der Waals surface area contributed by atoms with Gasteiger partial charge in [-0.2, -0.15) is 0 Å². The minimum Gasteiger partial charge on any atom is -0.306 e. The highest BCUT2D eigenvalue weighted by Crippen LogP contribution is 2.25. The van der Waals surface area contributed by atoms with Gasteiger partial charge >= 0.3 is 0 Å². The van der Waals surface area contributed by atoms with Gasteiger partial charge in [-0.15, -0.1) is 0 Å². The lowest BCUT2D eigenvalue weighted by molar-refractivity contribution is 0.562. The molecule has 0 radical (unpaired) electrons. The smallest absolute Gasteiger partial charge is 0.264 e. The first-order chi connectivity index (χ1) is 8.79. The van der Waals surface area contributed by atoms with Crippen molar-refractivity contribution in [3.63, 3.8) is 0 Å². The summed E-state index contributed by atoms with van der Waals surface area (Å²) < 4.78 is 0.641. The van der Waals surface area contributed by atoms with Gasteiger partial charge in [-0.3, -0.25) is 4.79 Å². The molecular weight excluding hydrogens is 375 g/mol. The third-order valence-electron chi connectivity index (χ3n) is 2.69. The van der Waals surface area contributed by atoms with E-state index < -0.39 is 0 Å². The lowest BCUT2D eigenvalue weighted by Crippen LogP contribution is -2.24. The molecule has 100 valence electrons. The fourth-order valence-electron chi connectivity index (χ4n) is 1.70. The molecule has 3 nitrogen and oxygen atoms in total. The number of H-pyrrole nitrogens is 1. The van der Waals surface area contributed by atoms with E-state index >= 15 is 0 Å². The quantitative estimate of drug-likeness (QED) is 0.751. The topological polar surface area (TPSA) is 45.8 Å². The molecule has 1 heterocycles. The van der Waals surface area contributed by atoms with Crippen molar-refractivity contribution in [2.24, 2.45) is 0 Å². The van der Waals surface area contributed by atoms with Gasteiger partial charge in [-0.25, -0.2) is 4.98 Å². The van der Waals surface area contributed by atoms with Gasteiger partial charge in [0.25, 0.3) is 5.56 Å². The molecule has 0 spiro atoms. The number of halogens is 2. The highest BCUT2D eigenvalue weighted by atomic mass is 127. The SMILES string of the molecule is CC(C)(C)c1nc(-c2ccc(Cl)cc2)[nH]c(=O)c1I. The first-order valence-corrected chi connectivity index (χ1v) is 7.31.